The van der Waals surface area contributed by atoms with Crippen LogP contribution < -0.4 is 4.72 Å². The van der Waals surface area contributed by atoms with Crippen molar-refractivity contribution >= 4 is 10.2 Å². The Morgan fingerprint density at radius 2 is 2.10 bits per heavy atom. The van der Waals surface area contributed by atoms with E-state index in [1.54, 1.807) is 6.92 Å². The highest BCUT2D eigenvalue weighted by Gasteiger charge is 2.28. The Morgan fingerprint density at radius 3 is 2.81 bits per heavy atom. The lowest BCUT2D eigenvalue weighted by Crippen LogP contribution is -2.44. The lowest BCUT2D eigenvalue weighted by molar-refractivity contribution is 0.379. The number of hydrogen-bond donors (Lipinski definition) is 2. The minimum absolute atomic E-state index is 0.397. The van der Waals surface area contributed by atoms with E-state index in [0.29, 0.717) is 18.9 Å². The van der Waals surface area contributed by atoms with Crippen molar-refractivity contribution in [1.82, 2.24) is 24.2 Å². The predicted octanol–water partition coefficient (Wildman–Crippen LogP) is 0.758. The van der Waals surface area contributed by atoms with Gasteiger partial charge in [0.05, 0.1) is 6.04 Å². The fourth-order valence-electron chi connectivity index (χ4n) is 2.45. The van der Waals surface area contributed by atoms with E-state index in [4.69, 9.17) is 0 Å². The van der Waals surface area contributed by atoms with Crippen molar-refractivity contribution in [2.24, 2.45) is 0 Å². The summed E-state index contributed by atoms with van der Waals surface area (Å²) in [6.45, 7) is 2.61. The largest absolute Gasteiger partial charge is 0.280 e. The van der Waals surface area contributed by atoms with Gasteiger partial charge in [-0.25, -0.2) is 4.98 Å². The number of hydrogen-bond acceptors (Lipinski definition) is 4. The van der Waals surface area contributed by atoms with Crippen molar-refractivity contribution in [2.75, 3.05) is 6.54 Å². The first kappa shape index (κ1) is 14.2. The number of H-pyrrole nitrogens is 1. The molecule has 1 atom stereocenters. The zero-order chi connectivity index (χ0) is 14.9. The minimum atomic E-state index is -3.56. The van der Waals surface area contributed by atoms with Gasteiger partial charge in [0, 0.05) is 13.1 Å². The first-order chi connectivity index (χ1) is 10.1. The number of rotatable bonds is 4. The van der Waals surface area contributed by atoms with E-state index < -0.39 is 16.3 Å². The molecule has 1 unspecified atom stereocenters. The van der Waals surface area contributed by atoms with Crippen molar-refractivity contribution in [3.8, 4) is 0 Å². The van der Waals surface area contributed by atoms with Gasteiger partial charge in [0.2, 0.25) is 0 Å². The standard InChI is InChI=1S/C13H17N5O2S/c1-10(13-14-9-15-16-13)17-21(19,20)18-7-6-11-4-2-3-5-12(11)8-18/h2-5,9-10,17H,6-8H2,1H3,(H,14,15,16). The Balaban J connectivity index is 1.74. The van der Waals surface area contributed by atoms with E-state index in [1.807, 2.05) is 24.3 Å². The average molecular weight is 307 g/mol. The van der Waals surface area contributed by atoms with E-state index in [2.05, 4.69) is 19.9 Å². The zero-order valence-electron chi connectivity index (χ0n) is 11.7. The first-order valence-electron chi connectivity index (χ1n) is 6.76. The summed E-state index contributed by atoms with van der Waals surface area (Å²) in [7, 11) is -3.56. The Kier molecular flexibility index (Phi) is 3.75. The molecule has 21 heavy (non-hydrogen) atoms. The van der Waals surface area contributed by atoms with Gasteiger partial charge in [0.15, 0.2) is 0 Å². The Bertz CT molecular complexity index is 714. The summed E-state index contributed by atoms with van der Waals surface area (Å²) in [5, 5.41) is 6.40. The lowest BCUT2D eigenvalue weighted by Gasteiger charge is -2.29. The number of aromatic amines is 1. The summed E-state index contributed by atoms with van der Waals surface area (Å²) in [4.78, 5) is 3.97. The topological polar surface area (TPSA) is 91.0 Å². The van der Waals surface area contributed by atoms with Crippen molar-refractivity contribution in [1.29, 1.82) is 0 Å². The number of nitrogens with one attached hydrogen (secondary N) is 2. The molecule has 7 nitrogen and oxygen atoms in total. The predicted molar refractivity (Wildman–Crippen MR) is 77.4 cm³/mol. The fraction of sp³-hybridized carbons (Fsp3) is 0.385. The second-order valence-corrected chi connectivity index (χ2v) is 6.77. The second-order valence-electron chi connectivity index (χ2n) is 5.07. The molecular formula is C13H17N5O2S. The van der Waals surface area contributed by atoms with Crippen LogP contribution in [0.25, 0.3) is 0 Å². The van der Waals surface area contributed by atoms with Gasteiger partial charge in [0.25, 0.3) is 10.2 Å². The molecule has 1 aromatic carbocycles. The van der Waals surface area contributed by atoms with E-state index in [9.17, 15) is 8.42 Å². The molecule has 0 aliphatic carbocycles. The molecule has 0 spiro atoms. The molecule has 2 N–H and O–H groups in total. The fourth-order valence-corrected chi connectivity index (χ4v) is 3.80. The zero-order valence-corrected chi connectivity index (χ0v) is 12.5. The van der Waals surface area contributed by atoms with Gasteiger partial charge in [-0.3, -0.25) is 5.10 Å². The molecule has 3 rings (SSSR count). The van der Waals surface area contributed by atoms with E-state index >= 15 is 0 Å². The van der Waals surface area contributed by atoms with Gasteiger partial charge >= 0.3 is 0 Å². The van der Waals surface area contributed by atoms with Crippen molar-refractivity contribution in [2.45, 2.75) is 25.9 Å². The van der Waals surface area contributed by atoms with Crippen molar-refractivity contribution in [3.63, 3.8) is 0 Å². The molecule has 2 heterocycles. The maximum Gasteiger partial charge on any atom is 0.280 e. The van der Waals surface area contributed by atoms with Crippen molar-refractivity contribution < 1.29 is 8.42 Å². The van der Waals surface area contributed by atoms with E-state index in [-0.39, 0.29) is 0 Å². The first-order valence-corrected chi connectivity index (χ1v) is 8.20. The van der Waals surface area contributed by atoms with E-state index in [0.717, 1.165) is 12.0 Å². The summed E-state index contributed by atoms with van der Waals surface area (Å²) < 4.78 is 29.0. The molecule has 0 saturated carbocycles. The van der Waals surface area contributed by atoms with Gasteiger partial charge in [-0.2, -0.15) is 22.5 Å². The normalized spacial score (nSPS) is 17.4. The van der Waals surface area contributed by atoms with Gasteiger partial charge < -0.3 is 0 Å². The third-order valence-corrected chi connectivity index (χ3v) is 5.25. The van der Waals surface area contributed by atoms with Crippen LogP contribution in [0.3, 0.4) is 0 Å². The molecule has 0 radical (unpaired) electrons. The molecule has 1 aliphatic rings. The van der Waals surface area contributed by atoms with Crippen LogP contribution in [0.2, 0.25) is 0 Å². The number of benzene rings is 1. The van der Waals surface area contributed by atoms with Crippen LogP contribution in [0.5, 0.6) is 0 Å². The molecule has 0 saturated heterocycles. The maximum atomic E-state index is 12.5. The van der Waals surface area contributed by atoms with Crippen LogP contribution >= 0.6 is 0 Å². The Labute approximate surface area is 123 Å². The average Bonchev–Trinajstić information content (AvgIpc) is 3.00. The minimum Gasteiger partial charge on any atom is -0.262 e. The molecule has 0 amide bonds. The monoisotopic (exact) mass is 307 g/mol. The Morgan fingerprint density at radius 1 is 1.33 bits per heavy atom. The van der Waals surface area contributed by atoms with Gasteiger partial charge in [-0.1, -0.05) is 24.3 Å². The smallest absolute Gasteiger partial charge is 0.262 e. The van der Waals surface area contributed by atoms with Gasteiger partial charge in [0.1, 0.15) is 12.2 Å². The third-order valence-electron chi connectivity index (χ3n) is 3.61. The molecule has 0 fully saturated rings. The lowest BCUT2D eigenvalue weighted by atomic mass is 10.0. The molecular weight excluding hydrogens is 290 g/mol. The molecule has 1 aromatic heterocycles. The van der Waals surface area contributed by atoms with Crippen molar-refractivity contribution in [3.05, 3.63) is 47.5 Å². The highest BCUT2D eigenvalue weighted by atomic mass is 32.2. The van der Waals surface area contributed by atoms with Crippen LogP contribution in [0.4, 0.5) is 0 Å². The third kappa shape index (κ3) is 2.97. The van der Waals surface area contributed by atoms with Crippen LogP contribution in [0, 0.1) is 0 Å². The van der Waals surface area contributed by atoms with Gasteiger partial charge in [-0.15, -0.1) is 0 Å². The SMILES string of the molecule is CC(NS(=O)(=O)N1CCc2ccccc2C1)c1ncn[nH]1. The maximum absolute atomic E-state index is 12.5. The van der Waals surface area contributed by atoms with Crippen LogP contribution in [0.1, 0.15) is 29.9 Å². The Hall–Kier alpha value is -1.77. The quantitative estimate of drug-likeness (QED) is 0.872. The van der Waals surface area contributed by atoms with Gasteiger partial charge in [-0.05, 0) is 24.5 Å². The molecule has 8 heteroatoms. The summed E-state index contributed by atoms with van der Waals surface area (Å²) in [6.07, 6.45) is 2.09. The van der Waals surface area contributed by atoms with Crippen LogP contribution in [-0.2, 0) is 23.2 Å². The molecule has 2 aromatic rings. The number of nitrogens with zero attached hydrogens (tertiary/aromatic N) is 3. The van der Waals surface area contributed by atoms with E-state index in [1.165, 1.54) is 16.2 Å². The molecule has 0 bridgehead atoms. The second kappa shape index (κ2) is 5.55. The molecule has 1 aliphatic heterocycles. The summed E-state index contributed by atoms with van der Waals surface area (Å²) in [6, 6.07) is 7.47. The highest BCUT2D eigenvalue weighted by molar-refractivity contribution is 7.87. The molecule has 112 valence electrons. The summed E-state index contributed by atoms with van der Waals surface area (Å²) in [5.74, 6) is 0.496. The summed E-state index contributed by atoms with van der Waals surface area (Å²) >= 11 is 0. The summed E-state index contributed by atoms with van der Waals surface area (Å²) in [5.41, 5.74) is 2.27. The highest BCUT2D eigenvalue weighted by Crippen LogP contribution is 2.21. The van der Waals surface area contributed by atoms with Crippen LogP contribution in [-0.4, -0.2) is 34.4 Å². The number of aromatic nitrogens is 3. The van der Waals surface area contributed by atoms with Crippen LogP contribution in [0.15, 0.2) is 30.6 Å². The number of fused-ring (bicyclic) bond motifs is 1.